The maximum absolute atomic E-state index is 11.5. The molecule has 13 heteroatoms. The number of nitrogens with zero attached hydrogens (tertiary/aromatic N) is 2. The second-order valence-corrected chi connectivity index (χ2v) is 13.4. The summed E-state index contributed by atoms with van der Waals surface area (Å²) in [5.41, 5.74) is 4.96. The number of anilines is 2. The molecule has 9 nitrogen and oxygen atoms in total. The second-order valence-electron chi connectivity index (χ2n) is 9.87. The average Bonchev–Trinajstić information content (AvgIpc) is 2.79. The largest absolute Gasteiger partial charge is 0.370 e. The van der Waals surface area contributed by atoms with Crippen LogP contribution < -0.4 is 9.44 Å². The number of likely N-dealkylation sites (tertiary alicyclic amines) is 1. The van der Waals surface area contributed by atoms with E-state index in [0.29, 0.717) is 18.0 Å². The Kier molecular flexibility index (Phi) is 9.22. The van der Waals surface area contributed by atoms with Crippen molar-refractivity contribution in [2.24, 2.45) is 0 Å². The molecule has 208 valence electrons. The third-order valence-corrected chi connectivity index (χ3v) is 7.97. The molecule has 2 aromatic carbocycles. The summed E-state index contributed by atoms with van der Waals surface area (Å²) in [5.74, 6) is 0. The van der Waals surface area contributed by atoms with Crippen LogP contribution in [0.5, 0.6) is 0 Å². The smallest absolute Gasteiger partial charge is 0.229 e. The first-order valence-electron chi connectivity index (χ1n) is 11.8. The lowest BCUT2D eigenvalue weighted by atomic mass is 9.81. The Hall–Kier alpha value is -2.15. The van der Waals surface area contributed by atoms with E-state index in [0.717, 1.165) is 73.6 Å². The van der Waals surface area contributed by atoms with Crippen molar-refractivity contribution in [3.63, 3.8) is 0 Å². The molecule has 0 radical (unpaired) electrons. The van der Waals surface area contributed by atoms with Crippen molar-refractivity contribution < 1.29 is 21.6 Å². The fraction of sp³-hybridized carbons (Fsp3) is 0.400. The summed E-state index contributed by atoms with van der Waals surface area (Å²) < 4.78 is 57.4. The van der Waals surface area contributed by atoms with Crippen LogP contribution in [-0.2, 0) is 44.4 Å². The third-order valence-electron chi connectivity index (χ3n) is 6.76. The van der Waals surface area contributed by atoms with E-state index in [2.05, 4.69) is 14.3 Å². The summed E-state index contributed by atoms with van der Waals surface area (Å²) in [6, 6.07) is 15.0. The second kappa shape index (κ2) is 11.5. The van der Waals surface area contributed by atoms with E-state index < -0.39 is 20.0 Å². The molecule has 2 aliphatic rings. The van der Waals surface area contributed by atoms with Crippen molar-refractivity contribution in [1.29, 1.82) is 0 Å². The van der Waals surface area contributed by atoms with Gasteiger partial charge in [0.15, 0.2) is 0 Å². The number of rotatable bonds is 6. The van der Waals surface area contributed by atoms with Gasteiger partial charge in [-0.05, 0) is 60.4 Å². The number of sulfonamides is 2. The summed E-state index contributed by atoms with van der Waals surface area (Å²) in [4.78, 5) is 7.16. The highest BCUT2D eigenvalue weighted by atomic mass is 35.5. The Balaban J connectivity index is 0.00000200. The van der Waals surface area contributed by atoms with Crippen LogP contribution in [-0.4, -0.2) is 57.9 Å². The van der Waals surface area contributed by atoms with Gasteiger partial charge in [-0.1, -0.05) is 12.1 Å². The van der Waals surface area contributed by atoms with Crippen LogP contribution in [0.1, 0.15) is 29.7 Å². The molecule has 3 aromatic rings. The number of aromatic nitrogens is 1. The Bertz CT molecular complexity index is 1530. The molecule has 1 spiro atoms. The van der Waals surface area contributed by atoms with Crippen molar-refractivity contribution in [2.45, 2.75) is 38.0 Å². The summed E-state index contributed by atoms with van der Waals surface area (Å²) >= 11 is 0. The van der Waals surface area contributed by atoms with E-state index in [9.17, 15) is 16.8 Å². The summed E-state index contributed by atoms with van der Waals surface area (Å²) in [5, 5.41) is 0.883. The van der Waals surface area contributed by atoms with Crippen LogP contribution >= 0.6 is 24.8 Å². The average molecular weight is 604 g/mol. The van der Waals surface area contributed by atoms with Gasteiger partial charge in [-0.25, -0.2) is 16.8 Å². The topological polar surface area (TPSA) is 118 Å². The molecule has 1 fully saturated rings. The molecule has 5 rings (SSSR count). The molecule has 1 saturated heterocycles. The minimum Gasteiger partial charge on any atom is -0.370 e. The number of fused-ring (bicyclic) bond motifs is 2. The molecule has 2 aliphatic heterocycles. The Labute approximate surface area is 236 Å². The number of halogens is 2. The van der Waals surface area contributed by atoms with Crippen LogP contribution in [0.15, 0.2) is 48.5 Å². The monoisotopic (exact) mass is 602 g/mol. The number of hydrogen-bond acceptors (Lipinski definition) is 7. The molecule has 1 aromatic heterocycles. The summed E-state index contributed by atoms with van der Waals surface area (Å²) in [6.45, 7) is 3.03. The molecule has 0 atom stereocenters. The van der Waals surface area contributed by atoms with E-state index >= 15 is 0 Å². The minimum absolute atomic E-state index is 0. The van der Waals surface area contributed by atoms with E-state index in [1.807, 2.05) is 36.4 Å². The van der Waals surface area contributed by atoms with Gasteiger partial charge in [0, 0.05) is 42.8 Å². The molecule has 3 heterocycles. The molecule has 0 unspecified atom stereocenters. The van der Waals surface area contributed by atoms with Gasteiger partial charge in [0.2, 0.25) is 20.0 Å². The molecule has 38 heavy (non-hydrogen) atoms. The fourth-order valence-corrected chi connectivity index (χ4v) is 6.15. The van der Waals surface area contributed by atoms with Crippen LogP contribution in [0.25, 0.3) is 10.9 Å². The highest BCUT2D eigenvalue weighted by molar-refractivity contribution is 7.92. The lowest BCUT2D eigenvalue weighted by molar-refractivity contribution is -0.103. The molecule has 2 N–H and O–H groups in total. The molecule has 0 bridgehead atoms. The zero-order valence-electron chi connectivity index (χ0n) is 21.1. The molecular weight excluding hydrogens is 571 g/mol. The maximum Gasteiger partial charge on any atom is 0.229 e. The van der Waals surface area contributed by atoms with Crippen LogP contribution in [0.2, 0.25) is 0 Å². The van der Waals surface area contributed by atoms with Crippen LogP contribution in [0.3, 0.4) is 0 Å². The number of benzene rings is 2. The normalized spacial score (nSPS) is 17.2. The van der Waals surface area contributed by atoms with Crippen LogP contribution in [0, 0.1) is 0 Å². The number of nitrogens with one attached hydrogen (secondary N) is 2. The minimum atomic E-state index is -3.32. The fourth-order valence-electron chi connectivity index (χ4n) is 5.04. The molecule has 0 amide bonds. The number of piperidine rings is 1. The van der Waals surface area contributed by atoms with E-state index in [1.54, 1.807) is 12.1 Å². The zero-order valence-corrected chi connectivity index (χ0v) is 24.4. The number of ether oxygens (including phenoxy) is 1. The van der Waals surface area contributed by atoms with Gasteiger partial charge in [-0.3, -0.25) is 19.3 Å². The Morgan fingerprint density at radius 3 is 2.16 bits per heavy atom. The first kappa shape index (κ1) is 30.4. The van der Waals surface area contributed by atoms with E-state index in [1.165, 1.54) is 5.56 Å². The predicted molar refractivity (Wildman–Crippen MR) is 155 cm³/mol. The van der Waals surface area contributed by atoms with Crippen molar-refractivity contribution in [1.82, 2.24) is 9.88 Å². The quantitative estimate of drug-likeness (QED) is 0.439. The van der Waals surface area contributed by atoms with Gasteiger partial charge in [-0.15, -0.1) is 24.8 Å². The first-order valence-corrected chi connectivity index (χ1v) is 15.6. The summed E-state index contributed by atoms with van der Waals surface area (Å²) in [6.07, 6.45) is 4.95. The standard InChI is InChI=1S/C25H30N4O5S2.2ClH/c1-35(30,31)27-21-5-4-19-15-25(34-17-20(19)14-21)9-11-29(12-10-25)16-23-6-3-18-13-22(28-36(2,32)33)7-8-24(18)26-23;;/h3-8,13-14,27-28H,9-12,15-17H2,1-2H3;2*1H. The van der Waals surface area contributed by atoms with Crippen molar-refractivity contribution in [3.8, 4) is 0 Å². The van der Waals surface area contributed by atoms with Gasteiger partial charge < -0.3 is 4.74 Å². The third kappa shape index (κ3) is 7.49. The van der Waals surface area contributed by atoms with Crippen LogP contribution in [0.4, 0.5) is 11.4 Å². The molecule has 0 aliphatic carbocycles. The molecular formula is C25H32Cl2N4O5S2. The van der Waals surface area contributed by atoms with Gasteiger partial charge in [0.1, 0.15) is 0 Å². The zero-order chi connectivity index (χ0) is 25.6. The van der Waals surface area contributed by atoms with Gasteiger partial charge in [-0.2, -0.15) is 0 Å². The van der Waals surface area contributed by atoms with Gasteiger partial charge >= 0.3 is 0 Å². The Morgan fingerprint density at radius 2 is 1.50 bits per heavy atom. The Morgan fingerprint density at radius 1 is 0.868 bits per heavy atom. The molecule has 0 saturated carbocycles. The first-order chi connectivity index (χ1) is 17.0. The maximum atomic E-state index is 11.5. The SMILES string of the molecule is CS(=O)(=O)Nc1ccc2c(c1)COC1(CCN(Cc3ccc4cc(NS(C)(=O)=O)ccc4n3)CC1)C2.Cl.Cl. The van der Waals surface area contributed by atoms with Crippen molar-refractivity contribution in [2.75, 3.05) is 35.0 Å². The van der Waals surface area contributed by atoms with Crippen molar-refractivity contribution >= 4 is 67.1 Å². The number of pyridine rings is 1. The van der Waals surface area contributed by atoms with Crippen molar-refractivity contribution in [3.05, 3.63) is 65.4 Å². The van der Waals surface area contributed by atoms with Gasteiger partial charge in [0.05, 0.1) is 35.9 Å². The number of hydrogen-bond donors (Lipinski definition) is 2. The predicted octanol–water partition coefficient (Wildman–Crippen LogP) is 3.93. The summed E-state index contributed by atoms with van der Waals surface area (Å²) in [7, 11) is -6.63. The highest BCUT2D eigenvalue weighted by Crippen LogP contribution is 2.37. The lowest BCUT2D eigenvalue weighted by Gasteiger charge is -2.44. The van der Waals surface area contributed by atoms with E-state index in [4.69, 9.17) is 9.72 Å². The lowest BCUT2D eigenvalue weighted by Crippen LogP contribution is -2.48. The highest BCUT2D eigenvalue weighted by Gasteiger charge is 2.38. The van der Waals surface area contributed by atoms with Gasteiger partial charge in [0.25, 0.3) is 0 Å². The van der Waals surface area contributed by atoms with E-state index in [-0.39, 0.29) is 30.4 Å².